The van der Waals surface area contributed by atoms with Crippen molar-refractivity contribution in [3.8, 4) is 0 Å². The second-order valence-electron chi connectivity index (χ2n) is 9.45. The van der Waals surface area contributed by atoms with E-state index in [0.29, 0.717) is 0 Å². The number of carbonyl (C=O) groups is 5. The minimum atomic E-state index is -1.51. The van der Waals surface area contributed by atoms with Crippen LogP contribution in [0.25, 0.3) is 0 Å². The Morgan fingerprint density at radius 3 is 2.30 bits per heavy atom. The van der Waals surface area contributed by atoms with E-state index in [1.165, 1.54) is 21.0 Å². The molecule has 6 atom stereocenters. The summed E-state index contributed by atoms with van der Waals surface area (Å²) in [6.45, 7) is 9.48. The summed E-state index contributed by atoms with van der Waals surface area (Å²) < 4.78 is 20.6. The van der Waals surface area contributed by atoms with Gasteiger partial charge in [-0.15, -0.1) is 0 Å². The molecule has 0 radical (unpaired) electrons. The zero-order valence-electron chi connectivity index (χ0n) is 20.2. The molecular weight excluding hydrogens is 436 g/mol. The van der Waals surface area contributed by atoms with Gasteiger partial charge in [0.2, 0.25) is 5.91 Å². The lowest BCUT2D eigenvalue weighted by atomic mass is 9.88. The van der Waals surface area contributed by atoms with E-state index in [2.05, 4.69) is 10.6 Å². The molecule has 0 aliphatic heterocycles. The van der Waals surface area contributed by atoms with E-state index in [9.17, 15) is 24.0 Å². The molecule has 2 fully saturated rings. The lowest BCUT2D eigenvalue weighted by Crippen LogP contribution is -2.61. The normalized spacial score (nSPS) is 28.6. The Kier molecular flexibility index (Phi) is 7.97. The average molecular weight is 471 g/mol. The van der Waals surface area contributed by atoms with E-state index in [1.807, 2.05) is 0 Å². The van der Waals surface area contributed by atoms with Crippen LogP contribution in [0.5, 0.6) is 0 Å². The van der Waals surface area contributed by atoms with E-state index >= 15 is 0 Å². The van der Waals surface area contributed by atoms with E-state index in [4.69, 9.17) is 18.9 Å². The fourth-order valence-electron chi connectivity index (χ4n) is 4.61. The topological polar surface area (TPSA) is 146 Å². The Balaban J connectivity index is 2.27. The first kappa shape index (κ1) is 26.4. The molecule has 0 spiro atoms. The molecular formula is C22H34N2O9. The lowest BCUT2D eigenvalue weighted by Gasteiger charge is -2.33. The summed E-state index contributed by atoms with van der Waals surface area (Å²) in [4.78, 5) is 61.7. The van der Waals surface area contributed by atoms with Gasteiger partial charge < -0.3 is 29.6 Å². The molecule has 0 aromatic rings. The fraction of sp³-hybridized carbons (Fsp3) is 0.773. The van der Waals surface area contributed by atoms with Crippen molar-refractivity contribution >= 4 is 29.9 Å². The van der Waals surface area contributed by atoms with Crippen molar-refractivity contribution in [2.75, 3.05) is 13.7 Å². The summed E-state index contributed by atoms with van der Waals surface area (Å²) >= 11 is 0. The standard InChI is InChI=1S/C22H34N2O9/c1-8-31-19(28)22(24-18(27)11(2)23-20(29)33-21(4,5)6)10-14(32-12(3)25)16-13(17(16)22)9-15(26)30-7/h11,13-14,16-17H,8-10H2,1-7H3,(H,23,29)(H,24,27)/t11-,13-,14-,16+,17+,22-/m0/s1. The molecule has 0 bridgehead atoms. The smallest absolute Gasteiger partial charge is 0.408 e. The molecule has 2 rings (SSSR count). The molecule has 2 saturated carbocycles. The van der Waals surface area contributed by atoms with Crippen molar-refractivity contribution in [3.05, 3.63) is 0 Å². The second-order valence-corrected chi connectivity index (χ2v) is 9.45. The van der Waals surface area contributed by atoms with Crippen LogP contribution in [0.15, 0.2) is 0 Å². The van der Waals surface area contributed by atoms with Gasteiger partial charge >= 0.3 is 24.0 Å². The molecule has 0 heterocycles. The first-order chi connectivity index (χ1) is 15.3. The van der Waals surface area contributed by atoms with Crippen LogP contribution in [-0.2, 0) is 38.1 Å². The van der Waals surface area contributed by atoms with Crippen molar-refractivity contribution < 1.29 is 42.9 Å². The first-order valence-corrected chi connectivity index (χ1v) is 11.0. The molecule has 0 aromatic heterocycles. The highest BCUT2D eigenvalue weighted by Crippen LogP contribution is 2.64. The van der Waals surface area contributed by atoms with Gasteiger partial charge in [-0.3, -0.25) is 14.4 Å². The predicted octanol–water partition coefficient (Wildman–Crippen LogP) is 1.08. The number of rotatable bonds is 8. The van der Waals surface area contributed by atoms with Gasteiger partial charge in [-0.2, -0.15) is 0 Å². The largest absolute Gasteiger partial charge is 0.469 e. The monoisotopic (exact) mass is 470 g/mol. The van der Waals surface area contributed by atoms with Gasteiger partial charge in [-0.05, 0) is 40.5 Å². The molecule has 186 valence electrons. The molecule has 0 unspecified atom stereocenters. The van der Waals surface area contributed by atoms with E-state index in [1.54, 1.807) is 27.7 Å². The van der Waals surface area contributed by atoms with Crippen molar-refractivity contribution in [2.24, 2.45) is 17.8 Å². The highest BCUT2D eigenvalue weighted by Gasteiger charge is 2.74. The van der Waals surface area contributed by atoms with Gasteiger partial charge in [0.25, 0.3) is 0 Å². The van der Waals surface area contributed by atoms with Crippen LogP contribution < -0.4 is 10.6 Å². The number of hydrogen-bond acceptors (Lipinski definition) is 9. The van der Waals surface area contributed by atoms with E-state index < -0.39 is 59.1 Å². The van der Waals surface area contributed by atoms with Crippen LogP contribution >= 0.6 is 0 Å². The summed E-state index contributed by atoms with van der Waals surface area (Å²) in [6.07, 6.45) is -1.45. The molecule has 0 saturated heterocycles. The Morgan fingerprint density at radius 2 is 1.79 bits per heavy atom. The van der Waals surface area contributed by atoms with Gasteiger partial charge in [0.1, 0.15) is 23.3 Å². The quantitative estimate of drug-likeness (QED) is 0.393. The minimum absolute atomic E-state index is 0.00329. The highest BCUT2D eigenvalue weighted by atomic mass is 16.6. The number of amides is 2. The number of carbonyl (C=O) groups excluding carboxylic acids is 5. The number of nitrogens with one attached hydrogen (secondary N) is 2. The molecule has 2 aliphatic carbocycles. The Labute approximate surface area is 193 Å². The summed E-state index contributed by atoms with van der Waals surface area (Å²) in [5, 5.41) is 5.17. The molecule has 2 N–H and O–H groups in total. The van der Waals surface area contributed by atoms with E-state index in [-0.39, 0.29) is 31.3 Å². The Hall–Kier alpha value is -2.85. The third kappa shape index (κ3) is 6.14. The number of ether oxygens (including phenoxy) is 4. The summed E-state index contributed by atoms with van der Waals surface area (Å²) in [5.74, 6) is -3.47. The number of fused-ring (bicyclic) bond motifs is 1. The number of methoxy groups -OCH3 is 1. The summed E-state index contributed by atoms with van der Waals surface area (Å²) in [7, 11) is 1.26. The highest BCUT2D eigenvalue weighted by molar-refractivity contribution is 5.93. The Bertz CT molecular complexity index is 806. The van der Waals surface area contributed by atoms with Crippen molar-refractivity contribution in [2.45, 2.75) is 77.7 Å². The van der Waals surface area contributed by atoms with E-state index in [0.717, 1.165) is 0 Å². The van der Waals surface area contributed by atoms with Crippen LogP contribution in [0.2, 0.25) is 0 Å². The fourth-order valence-corrected chi connectivity index (χ4v) is 4.61. The molecule has 11 heteroatoms. The number of hydrogen-bond donors (Lipinski definition) is 2. The Morgan fingerprint density at radius 1 is 1.15 bits per heavy atom. The molecule has 33 heavy (non-hydrogen) atoms. The van der Waals surface area contributed by atoms with Crippen LogP contribution in [0.4, 0.5) is 4.79 Å². The van der Waals surface area contributed by atoms with Crippen LogP contribution in [-0.4, -0.2) is 66.9 Å². The van der Waals surface area contributed by atoms with Crippen LogP contribution in [0, 0.1) is 17.8 Å². The lowest BCUT2D eigenvalue weighted by molar-refractivity contribution is -0.158. The maximum absolute atomic E-state index is 13.1. The first-order valence-electron chi connectivity index (χ1n) is 11.0. The van der Waals surface area contributed by atoms with Crippen molar-refractivity contribution in [3.63, 3.8) is 0 Å². The zero-order valence-corrected chi connectivity index (χ0v) is 20.2. The van der Waals surface area contributed by atoms with Gasteiger partial charge in [-0.25, -0.2) is 9.59 Å². The van der Waals surface area contributed by atoms with Crippen molar-refractivity contribution in [1.82, 2.24) is 10.6 Å². The van der Waals surface area contributed by atoms with Gasteiger partial charge in [0.15, 0.2) is 0 Å². The number of alkyl carbamates (subject to hydrolysis) is 1. The SMILES string of the molecule is CCOC(=O)[C@]1(NC(=O)[C@H](C)NC(=O)OC(C)(C)C)C[C@H](OC(C)=O)[C@H]2[C@H](CC(=O)OC)[C@H]21. The summed E-state index contributed by atoms with van der Waals surface area (Å²) in [6, 6.07) is -1.03. The van der Waals surface area contributed by atoms with Gasteiger partial charge in [0.05, 0.1) is 13.7 Å². The van der Waals surface area contributed by atoms with Crippen LogP contribution in [0.1, 0.15) is 54.4 Å². The molecule has 0 aromatic carbocycles. The van der Waals surface area contributed by atoms with Gasteiger partial charge in [0, 0.05) is 31.6 Å². The van der Waals surface area contributed by atoms with Crippen molar-refractivity contribution in [1.29, 1.82) is 0 Å². The third-order valence-corrected chi connectivity index (χ3v) is 5.81. The maximum Gasteiger partial charge on any atom is 0.408 e. The zero-order chi connectivity index (χ0) is 25.1. The minimum Gasteiger partial charge on any atom is -0.469 e. The predicted molar refractivity (Wildman–Crippen MR) is 114 cm³/mol. The van der Waals surface area contributed by atoms with Gasteiger partial charge in [-0.1, -0.05) is 0 Å². The second kappa shape index (κ2) is 9.96. The van der Waals surface area contributed by atoms with Crippen LogP contribution in [0.3, 0.4) is 0 Å². The molecule has 2 aliphatic rings. The molecule has 11 nitrogen and oxygen atoms in total. The number of esters is 3. The third-order valence-electron chi connectivity index (χ3n) is 5.81. The average Bonchev–Trinajstić information content (AvgIpc) is 3.29. The molecule has 2 amide bonds. The maximum atomic E-state index is 13.1. The summed E-state index contributed by atoms with van der Waals surface area (Å²) in [5.41, 5.74) is -2.27.